The first kappa shape index (κ1) is 31.1. The molecule has 0 spiro atoms. The van der Waals surface area contributed by atoms with Gasteiger partial charge in [0.2, 0.25) is 5.89 Å². The van der Waals surface area contributed by atoms with Gasteiger partial charge in [-0.1, -0.05) is 29.5 Å². The lowest BCUT2D eigenvalue weighted by atomic mass is 10.1. The number of oxazole rings is 1. The second-order valence-electron chi connectivity index (χ2n) is 8.61. The molecule has 0 amide bonds. The SMILES string of the molecule is CCOC(=O)c1cn(CCCCc2ccc(OCc3coc(/C=C/c4ccc(C(F)(F)F)cc4)n3)cc2)nn1.CO. The number of hydrogen-bond donors (Lipinski definition) is 1. The fraction of sp³-hybridized carbons (Fsp3) is 0.310. The third-order valence-corrected chi connectivity index (χ3v) is 5.66. The van der Waals surface area contributed by atoms with Crippen LogP contribution in [-0.2, 0) is 30.5 Å². The van der Waals surface area contributed by atoms with Crippen molar-refractivity contribution in [1.29, 1.82) is 0 Å². The maximum Gasteiger partial charge on any atom is 0.416 e. The normalized spacial score (nSPS) is 11.3. The van der Waals surface area contributed by atoms with Crippen LogP contribution in [0.2, 0.25) is 0 Å². The molecule has 0 unspecified atom stereocenters. The highest BCUT2D eigenvalue weighted by Gasteiger charge is 2.29. The largest absolute Gasteiger partial charge is 0.487 e. The minimum atomic E-state index is -4.36. The monoisotopic (exact) mass is 572 g/mol. The number of aliphatic hydroxyl groups is 1. The number of alkyl halides is 3. The molecule has 0 saturated heterocycles. The summed E-state index contributed by atoms with van der Waals surface area (Å²) in [5, 5.41) is 14.8. The number of aliphatic hydroxyl groups excluding tert-OH is 1. The summed E-state index contributed by atoms with van der Waals surface area (Å²) in [5.74, 6) is 0.549. The zero-order chi connectivity index (χ0) is 29.7. The molecule has 4 rings (SSSR count). The first-order valence-electron chi connectivity index (χ1n) is 12.8. The highest BCUT2D eigenvalue weighted by atomic mass is 19.4. The predicted octanol–water partition coefficient (Wildman–Crippen LogP) is 5.84. The van der Waals surface area contributed by atoms with E-state index in [0.29, 0.717) is 36.0 Å². The van der Waals surface area contributed by atoms with Crippen molar-refractivity contribution in [3.05, 3.63) is 95.0 Å². The molecule has 9 nitrogen and oxygen atoms in total. The Morgan fingerprint density at radius 1 is 1.05 bits per heavy atom. The Morgan fingerprint density at radius 3 is 2.46 bits per heavy atom. The molecule has 0 aliphatic heterocycles. The van der Waals surface area contributed by atoms with Gasteiger partial charge in [-0.25, -0.2) is 9.78 Å². The van der Waals surface area contributed by atoms with Crippen LogP contribution in [0.3, 0.4) is 0 Å². The van der Waals surface area contributed by atoms with E-state index in [4.69, 9.17) is 19.0 Å². The van der Waals surface area contributed by atoms with E-state index in [1.165, 1.54) is 24.0 Å². The summed E-state index contributed by atoms with van der Waals surface area (Å²) in [5.41, 5.74) is 1.87. The molecule has 0 aliphatic rings. The van der Waals surface area contributed by atoms with Gasteiger partial charge in [-0.2, -0.15) is 13.2 Å². The Morgan fingerprint density at radius 2 is 1.78 bits per heavy atom. The summed E-state index contributed by atoms with van der Waals surface area (Å²) >= 11 is 0. The minimum Gasteiger partial charge on any atom is -0.487 e. The quantitative estimate of drug-likeness (QED) is 0.166. The van der Waals surface area contributed by atoms with Gasteiger partial charge in [-0.05, 0) is 67.7 Å². The Labute approximate surface area is 235 Å². The number of esters is 1. The molecule has 0 atom stereocenters. The van der Waals surface area contributed by atoms with E-state index in [0.717, 1.165) is 38.5 Å². The van der Waals surface area contributed by atoms with Crippen molar-refractivity contribution < 1.29 is 37.0 Å². The van der Waals surface area contributed by atoms with E-state index in [-0.39, 0.29) is 12.3 Å². The van der Waals surface area contributed by atoms with E-state index in [1.54, 1.807) is 30.0 Å². The minimum absolute atomic E-state index is 0.211. The van der Waals surface area contributed by atoms with Crippen LogP contribution >= 0.6 is 0 Å². The topological polar surface area (TPSA) is 113 Å². The van der Waals surface area contributed by atoms with E-state index in [1.807, 2.05) is 24.3 Å². The number of halogens is 3. The molecule has 0 saturated carbocycles. The summed E-state index contributed by atoms with van der Waals surface area (Å²) in [6, 6.07) is 12.6. The van der Waals surface area contributed by atoms with Crippen molar-refractivity contribution in [3.8, 4) is 5.75 Å². The summed E-state index contributed by atoms with van der Waals surface area (Å²) in [6.45, 7) is 2.91. The van der Waals surface area contributed by atoms with Crippen LogP contribution in [-0.4, -0.2) is 44.8 Å². The van der Waals surface area contributed by atoms with Crippen molar-refractivity contribution in [1.82, 2.24) is 20.0 Å². The molecular weight excluding hydrogens is 541 g/mol. The maximum atomic E-state index is 12.7. The highest BCUT2D eigenvalue weighted by molar-refractivity contribution is 5.86. The van der Waals surface area contributed by atoms with Crippen molar-refractivity contribution in [2.45, 2.75) is 45.5 Å². The number of rotatable bonds is 12. The summed E-state index contributed by atoms with van der Waals surface area (Å²) < 4.78 is 55.7. The second kappa shape index (κ2) is 15.4. The second-order valence-corrected chi connectivity index (χ2v) is 8.61. The summed E-state index contributed by atoms with van der Waals surface area (Å²) in [6.07, 6.45) is 4.63. The van der Waals surface area contributed by atoms with E-state index >= 15 is 0 Å². The number of aromatic nitrogens is 4. The Balaban J connectivity index is 0.00000226. The van der Waals surface area contributed by atoms with Crippen LogP contribution < -0.4 is 4.74 Å². The van der Waals surface area contributed by atoms with Gasteiger partial charge in [0.05, 0.1) is 18.4 Å². The van der Waals surface area contributed by atoms with E-state index in [2.05, 4.69) is 15.3 Å². The van der Waals surface area contributed by atoms with Gasteiger partial charge >= 0.3 is 12.1 Å². The molecule has 218 valence electrons. The standard InChI is InChI=1S/C28H27F3N4O4.CH4O/c1-2-37-27(36)25-17-35(34-33-25)16-4-3-5-20-8-13-24(14-9-20)38-18-23-19-39-26(32-23)15-10-21-6-11-22(12-7-21)28(29,30)31;1-2/h6-15,17,19H,2-5,16,18H2,1H3;2H,1H3/b15-10+;. The maximum absolute atomic E-state index is 12.7. The first-order chi connectivity index (χ1) is 19.8. The molecule has 0 aliphatic carbocycles. The third-order valence-electron chi connectivity index (χ3n) is 5.66. The van der Waals surface area contributed by atoms with Gasteiger partial charge in [0, 0.05) is 19.7 Å². The molecule has 4 aromatic rings. The molecule has 2 aromatic heterocycles. The zero-order valence-electron chi connectivity index (χ0n) is 22.7. The lowest BCUT2D eigenvalue weighted by Gasteiger charge is -2.06. The van der Waals surface area contributed by atoms with E-state index in [9.17, 15) is 18.0 Å². The number of aryl methyl sites for hydroxylation is 2. The van der Waals surface area contributed by atoms with Crippen molar-refractivity contribution >= 4 is 18.1 Å². The fourth-order valence-electron chi connectivity index (χ4n) is 3.64. The van der Waals surface area contributed by atoms with Gasteiger partial charge in [0.1, 0.15) is 24.3 Å². The number of nitrogens with zero attached hydrogens (tertiary/aromatic N) is 4. The highest BCUT2D eigenvalue weighted by Crippen LogP contribution is 2.29. The Hall–Kier alpha value is -4.45. The smallest absolute Gasteiger partial charge is 0.416 e. The van der Waals surface area contributed by atoms with Gasteiger partial charge in [-0.3, -0.25) is 4.68 Å². The van der Waals surface area contributed by atoms with E-state index < -0.39 is 17.7 Å². The van der Waals surface area contributed by atoms with Crippen LogP contribution in [0.1, 0.15) is 58.5 Å². The number of carbonyl (C=O) groups is 1. The molecular formula is C29H31F3N4O5. The molecule has 12 heteroatoms. The Kier molecular flexibility index (Phi) is 11.6. The van der Waals surface area contributed by atoms with Crippen LogP contribution in [0.4, 0.5) is 13.2 Å². The van der Waals surface area contributed by atoms with Crippen LogP contribution in [0.25, 0.3) is 12.2 Å². The van der Waals surface area contributed by atoms with Crippen molar-refractivity contribution in [3.63, 3.8) is 0 Å². The van der Waals surface area contributed by atoms with Crippen molar-refractivity contribution in [2.24, 2.45) is 0 Å². The average Bonchev–Trinajstić information content (AvgIpc) is 3.65. The molecule has 2 aromatic carbocycles. The van der Waals surface area contributed by atoms with Crippen LogP contribution in [0.5, 0.6) is 5.75 Å². The lowest BCUT2D eigenvalue weighted by molar-refractivity contribution is -0.137. The average molecular weight is 573 g/mol. The number of hydrogen-bond acceptors (Lipinski definition) is 8. The number of unbranched alkanes of at least 4 members (excludes halogenated alkanes) is 1. The molecule has 0 bridgehead atoms. The summed E-state index contributed by atoms with van der Waals surface area (Å²) in [4.78, 5) is 16.0. The summed E-state index contributed by atoms with van der Waals surface area (Å²) in [7, 11) is 1.00. The number of benzene rings is 2. The molecule has 2 heterocycles. The lowest BCUT2D eigenvalue weighted by Crippen LogP contribution is -2.04. The zero-order valence-corrected chi connectivity index (χ0v) is 22.7. The van der Waals surface area contributed by atoms with Crippen LogP contribution in [0.15, 0.2) is 65.4 Å². The number of carbonyl (C=O) groups excluding carboxylic acids is 1. The fourth-order valence-corrected chi connectivity index (χ4v) is 3.64. The van der Waals surface area contributed by atoms with Gasteiger partial charge in [0.25, 0.3) is 0 Å². The first-order valence-corrected chi connectivity index (χ1v) is 12.8. The Bertz CT molecular complexity index is 1380. The van der Waals surface area contributed by atoms with Gasteiger partial charge in [0.15, 0.2) is 5.69 Å². The third kappa shape index (κ3) is 9.91. The molecule has 0 radical (unpaired) electrons. The van der Waals surface area contributed by atoms with Crippen molar-refractivity contribution in [2.75, 3.05) is 13.7 Å². The van der Waals surface area contributed by atoms with Gasteiger partial charge < -0.3 is 19.0 Å². The number of ether oxygens (including phenoxy) is 2. The molecule has 0 fully saturated rings. The van der Waals surface area contributed by atoms with Crippen LogP contribution in [0, 0.1) is 0 Å². The molecule has 1 N–H and O–H groups in total. The molecule has 41 heavy (non-hydrogen) atoms. The van der Waals surface area contributed by atoms with Gasteiger partial charge in [-0.15, -0.1) is 5.10 Å². The predicted molar refractivity (Wildman–Crippen MR) is 145 cm³/mol.